The molecule has 0 bridgehead atoms. The molecule has 0 aromatic carbocycles. The van der Waals surface area contributed by atoms with E-state index in [1.165, 1.54) is 19.2 Å². The molecule has 3 rings (SSSR count). The Hall–Kier alpha value is -1.91. The molecular weight excluding hydrogens is 216 g/mol. The summed E-state index contributed by atoms with van der Waals surface area (Å²) in [7, 11) is 0. The fraction of sp³-hybridized carbons (Fsp3) is 0.417. The van der Waals surface area contributed by atoms with E-state index in [4.69, 9.17) is 5.73 Å². The van der Waals surface area contributed by atoms with Gasteiger partial charge in [-0.05, 0) is 18.9 Å². The summed E-state index contributed by atoms with van der Waals surface area (Å²) in [4.78, 5) is 20.3. The van der Waals surface area contributed by atoms with Gasteiger partial charge in [-0.15, -0.1) is 0 Å². The number of hydrogen-bond donors (Lipinski definition) is 1. The monoisotopic (exact) mass is 230 g/mol. The SMILES string of the molecule is Nc1cc2cncnc2n(C2CCCC2)c1=O. The maximum atomic E-state index is 12.1. The van der Waals surface area contributed by atoms with Gasteiger partial charge in [-0.1, -0.05) is 12.8 Å². The Kier molecular flexibility index (Phi) is 2.31. The molecule has 5 nitrogen and oxygen atoms in total. The van der Waals surface area contributed by atoms with Gasteiger partial charge in [-0.25, -0.2) is 9.97 Å². The molecule has 0 saturated heterocycles. The Labute approximate surface area is 98.3 Å². The van der Waals surface area contributed by atoms with Gasteiger partial charge in [0, 0.05) is 17.6 Å². The Morgan fingerprint density at radius 2 is 2.12 bits per heavy atom. The molecule has 2 heterocycles. The summed E-state index contributed by atoms with van der Waals surface area (Å²) >= 11 is 0. The van der Waals surface area contributed by atoms with E-state index >= 15 is 0 Å². The van der Waals surface area contributed by atoms with E-state index < -0.39 is 0 Å². The molecule has 17 heavy (non-hydrogen) atoms. The van der Waals surface area contributed by atoms with Crippen LogP contribution in [-0.2, 0) is 0 Å². The fourth-order valence-electron chi connectivity index (χ4n) is 2.60. The van der Waals surface area contributed by atoms with Crippen LogP contribution in [0.25, 0.3) is 11.0 Å². The molecule has 0 aliphatic heterocycles. The van der Waals surface area contributed by atoms with Gasteiger partial charge in [0.05, 0.1) is 5.69 Å². The Morgan fingerprint density at radius 1 is 1.35 bits per heavy atom. The van der Waals surface area contributed by atoms with E-state index in [2.05, 4.69) is 9.97 Å². The average molecular weight is 230 g/mol. The minimum Gasteiger partial charge on any atom is -0.394 e. The zero-order valence-corrected chi connectivity index (χ0v) is 9.47. The molecule has 1 saturated carbocycles. The van der Waals surface area contributed by atoms with E-state index in [0.717, 1.165) is 18.2 Å². The molecule has 0 radical (unpaired) electrons. The van der Waals surface area contributed by atoms with Crippen LogP contribution >= 0.6 is 0 Å². The summed E-state index contributed by atoms with van der Waals surface area (Å²) in [5.74, 6) is 0. The van der Waals surface area contributed by atoms with Crippen LogP contribution in [0.1, 0.15) is 31.7 Å². The second kappa shape index (κ2) is 3.84. The molecule has 0 atom stereocenters. The van der Waals surface area contributed by atoms with Gasteiger partial charge in [0.2, 0.25) is 0 Å². The summed E-state index contributed by atoms with van der Waals surface area (Å²) in [6.45, 7) is 0. The molecule has 2 aromatic heterocycles. The second-order valence-electron chi connectivity index (χ2n) is 4.51. The molecule has 1 aliphatic rings. The van der Waals surface area contributed by atoms with E-state index in [1.54, 1.807) is 16.8 Å². The number of fused-ring (bicyclic) bond motifs is 1. The van der Waals surface area contributed by atoms with Crippen molar-refractivity contribution in [3.05, 3.63) is 28.9 Å². The van der Waals surface area contributed by atoms with Crippen LogP contribution in [0.5, 0.6) is 0 Å². The van der Waals surface area contributed by atoms with Gasteiger partial charge >= 0.3 is 0 Å². The number of nitrogen functional groups attached to an aromatic ring is 1. The third-order valence-electron chi connectivity index (χ3n) is 3.41. The van der Waals surface area contributed by atoms with E-state index in [-0.39, 0.29) is 17.3 Å². The van der Waals surface area contributed by atoms with Crippen LogP contribution in [0, 0.1) is 0 Å². The van der Waals surface area contributed by atoms with E-state index in [0.29, 0.717) is 5.65 Å². The number of rotatable bonds is 1. The van der Waals surface area contributed by atoms with Crippen molar-refractivity contribution < 1.29 is 0 Å². The first-order valence-electron chi connectivity index (χ1n) is 5.88. The van der Waals surface area contributed by atoms with Crippen molar-refractivity contribution in [1.29, 1.82) is 0 Å². The number of nitrogens with zero attached hydrogens (tertiary/aromatic N) is 3. The number of hydrogen-bond acceptors (Lipinski definition) is 4. The van der Waals surface area contributed by atoms with Crippen LogP contribution in [0.3, 0.4) is 0 Å². The molecule has 1 aliphatic carbocycles. The third kappa shape index (κ3) is 1.58. The maximum absolute atomic E-state index is 12.1. The van der Waals surface area contributed by atoms with Gasteiger partial charge in [-0.3, -0.25) is 9.36 Å². The summed E-state index contributed by atoms with van der Waals surface area (Å²) in [6, 6.07) is 1.90. The van der Waals surface area contributed by atoms with Crippen LogP contribution in [0.4, 0.5) is 5.69 Å². The molecular formula is C12H14N4O. The predicted octanol–water partition coefficient (Wildman–Crippen LogP) is 1.49. The predicted molar refractivity (Wildman–Crippen MR) is 65.7 cm³/mol. The van der Waals surface area contributed by atoms with Gasteiger partial charge in [0.15, 0.2) is 0 Å². The van der Waals surface area contributed by atoms with Crippen LogP contribution in [0.2, 0.25) is 0 Å². The first kappa shape index (κ1) is 10.3. The van der Waals surface area contributed by atoms with Crippen LogP contribution < -0.4 is 11.3 Å². The molecule has 2 aromatic rings. The van der Waals surface area contributed by atoms with Crippen molar-refractivity contribution in [2.75, 3.05) is 5.73 Å². The minimum atomic E-state index is -0.122. The van der Waals surface area contributed by atoms with E-state index in [1.807, 2.05) is 0 Å². The van der Waals surface area contributed by atoms with Crippen LogP contribution in [-0.4, -0.2) is 14.5 Å². The minimum absolute atomic E-state index is 0.122. The summed E-state index contributed by atoms with van der Waals surface area (Å²) < 4.78 is 1.75. The topological polar surface area (TPSA) is 73.8 Å². The molecule has 2 N–H and O–H groups in total. The Balaban J connectivity index is 2.33. The van der Waals surface area contributed by atoms with Crippen LogP contribution in [0.15, 0.2) is 23.4 Å². The molecule has 0 spiro atoms. The highest BCUT2D eigenvalue weighted by Crippen LogP contribution is 2.30. The lowest BCUT2D eigenvalue weighted by atomic mass is 10.2. The van der Waals surface area contributed by atoms with Gasteiger partial charge in [-0.2, -0.15) is 0 Å². The normalized spacial score (nSPS) is 16.7. The maximum Gasteiger partial charge on any atom is 0.275 e. The first-order chi connectivity index (χ1) is 8.27. The summed E-state index contributed by atoms with van der Waals surface area (Å²) in [5, 5.41) is 0.830. The average Bonchev–Trinajstić information content (AvgIpc) is 2.84. The van der Waals surface area contributed by atoms with Gasteiger partial charge in [0.25, 0.3) is 5.56 Å². The number of anilines is 1. The highest BCUT2D eigenvalue weighted by molar-refractivity contribution is 5.77. The van der Waals surface area contributed by atoms with Crippen molar-refractivity contribution >= 4 is 16.7 Å². The highest BCUT2D eigenvalue weighted by atomic mass is 16.1. The van der Waals surface area contributed by atoms with Crippen molar-refractivity contribution in [3.63, 3.8) is 0 Å². The highest BCUT2D eigenvalue weighted by Gasteiger charge is 2.21. The quantitative estimate of drug-likeness (QED) is 0.805. The lowest BCUT2D eigenvalue weighted by Gasteiger charge is -2.16. The lowest BCUT2D eigenvalue weighted by molar-refractivity contribution is 0.517. The molecule has 0 unspecified atom stereocenters. The lowest BCUT2D eigenvalue weighted by Crippen LogP contribution is -2.26. The number of aromatic nitrogens is 3. The third-order valence-corrected chi connectivity index (χ3v) is 3.41. The van der Waals surface area contributed by atoms with Crippen molar-refractivity contribution in [2.24, 2.45) is 0 Å². The Morgan fingerprint density at radius 3 is 2.88 bits per heavy atom. The molecule has 5 heteroatoms. The van der Waals surface area contributed by atoms with Crippen molar-refractivity contribution in [3.8, 4) is 0 Å². The smallest absolute Gasteiger partial charge is 0.275 e. The summed E-state index contributed by atoms with van der Waals surface area (Å²) in [6.07, 6.45) is 7.56. The summed E-state index contributed by atoms with van der Waals surface area (Å²) in [5.41, 5.74) is 6.62. The first-order valence-corrected chi connectivity index (χ1v) is 5.88. The fourth-order valence-corrected chi connectivity index (χ4v) is 2.60. The standard InChI is InChI=1S/C12H14N4O/c13-10-5-8-6-14-7-15-11(8)16(12(10)17)9-3-1-2-4-9/h5-7,9H,1-4,13H2. The zero-order chi connectivity index (χ0) is 11.8. The molecule has 0 amide bonds. The number of pyridine rings is 1. The zero-order valence-electron chi connectivity index (χ0n) is 9.47. The molecule has 88 valence electrons. The van der Waals surface area contributed by atoms with Gasteiger partial charge < -0.3 is 5.73 Å². The van der Waals surface area contributed by atoms with Crippen molar-refractivity contribution in [1.82, 2.24) is 14.5 Å². The van der Waals surface area contributed by atoms with Crippen molar-refractivity contribution in [2.45, 2.75) is 31.7 Å². The molecule has 1 fully saturated rings. The van der Waals surface area contributed by atoms with E-state index in [9.17, 15) is 4.79 Å². The Bertz CT molecular complexity index is 613. The largest absolute Gasteiger partial charge is 0.394 e. The second-order valence-corrected chi connectivity index (χ2v) is 4.51. The van der Waals surface area contributed by atoms with Gasteiger partial charge in [0.1, 0.15) is 12.0 Å². The number of nitrogens with two attached hydrogens (primary N) is 1.